The minimum Gasteiger partial charge on any atom is -0.293 e. The number of quaternary nitrogens is 1. The summed E-state index contributed by atoms with van der Waals surface area (Å²) in [5.41, 5.74) is 0.811. The number of alkyl halides is 1. The van der Waals surface area contributed by atoms with Crippen LogP contribution in [0.1, 0.15) is 24.2 Å². The molecule has 0 spiro atoms. The van der Waals surface area contributed by atoms with Gasteiger partial charge in [-0.05, 0) is 13.8 Å². The molecule has 0 saturated carbocycles. The first-order valence-electron chi connectivity index (χ1n) is 7.96. The van der Waals surface area contributed by atoms with Crippen LogP contribution in [-0.4, -0.2) is 65.0 Å². The van der Waals surface area contributed by atoms with E-state index >= 15 is 0 Å². The van der Waals surface area contributed by atoms with Crippen molar-refractivity contribution in [1.82, 2.24) is 4.90 Å². The van der Waals surface area contributed by atoms with Crippen LogP contribution in [0.15, 0.2) is 30.3 Å². The van der Waals surface area contributed by atoms with Crippen molar-refractivity contribution in [3.8, 4) is 0 Å². The van der Waals surface area contributed by atoms with E-state index in [-0.39, 0.29) is 5.78 Å². The first kappa shape index (κ1) is 17.8. The second-order valence-corrected chi connectivity index (χ2v) is 8.44. The third-order valence-corrected chi connectivity index (χ3v) is 5.62. The summed E-state index contributed by atoms with van der Waals surface area (Å²) in [6.07, 6.45) is 0. The molecule has 0 atom stereocenters. The first-order valence-corrected chi connectivity index (χ1v) is 9.33. The zero-order chi connectivity index (χ0) is 16.0. The van der Waals surface area contributed by atoms with Crippen molar-refractivity contribution >= 4 is 29.3 Å². The number of ketones is 1. The largest absolute Gasteiger partial charge is 0.293 e. The molecule has 1 aromatic carbocycles. The number of halogens is 1. The van der Waals surface area contributed by atoms with Crippen molar-refractivity contribution in [3.63, 3.8) is 0 Å². The van der Waals surface area contributed by atoms with Gasteiger partial charge in [-0.2, -0.15) is 0 Å². The van der Waals surface area contributed by atoms with E-state index in [1.807, 2.05) is 42.3 Å². The van der Waals surface area contributed by atoms with Crippen molar-refractivity contribution in [2.45, 2.75) is 19.1 Å². The summed E-state index contributed by atoms with van der Waals surface area (Å²) in [5, 5.41) is 0.598. The summed E-state index contributed by atoms with van der Waals surface area (Å²) in [6, 6.07) is 9.58. The Hall–Kier alpha value is -0.550. The van der Waals surface area contributed by atoms with Crippen molar-refractivity contribution < 1.29 is 8.68 Å². The lowest BCUT2D eigenvalue weighted by Gasteiger charge is -2.43. The van der Waals surface area contributed by atoms with Crippen molar-refractivity contribution in [3.05, 3.63) is 35.9 Å². The van der Waals surface area contributed by atoms with Crippen molar-refractivity contribution in [2.75, 3.05) is 45.1 Å². The zero-order valence-electron chi connectivity index (χ0n) is 13.5. The Morgan fingerprint density at radius 2 is 1.91 bits per heavy atom. The van der Waals surface area contributed by atoms with Crippen LogP contribution >= 0.6 is 23.5 Å². The molecule has 122 valence electrons. The molecule has 0 aliphatic carbocycles. The molecule has 1 aromatic rings. The van der Waals surface area contributed by atoms with Crippen LogP contribution in [0, 0.1) is 0 Å². The van der Waals surface area contributed by atoms with Gasteiger partial charge in [0.15, 0.2) is 5.78 Å². The van der Waals surface area contributed by atoms with Gasteiger partial charge in [-0.25, -0.2) is 0 Å². The Kier molecular flexibility index (Phi) is 6.75. The first-order chi connectivity index (χ1) is 10.5. The van der Waals surface area contributed by atoms with E-state index in [0.29, 0.717) is 17.7 Å². The predicted octanol–water partition coefficient (Wildman–Crippen LogP) is 3.30. The number of hydrogen-bond acceptors (Lipinski definition) is 3. The molecule has 0 N–H and O–H groups in total. The smallest absolute Gasteiger partial charge is 0.176 e. The minimum atomic E-state index is 0.217. The molecule has 0 unspecified atom stereocenters. The lowest BCUT2D eigenvalue weighted by atomic mass is 10.1. The molecule has 0 radical (unpaired) electrons. The van der Waals surface area contributed by atoms with E-state index in [4.69, 9.17) is 11.6 Å². The van der Waals surface area contributed by atoms with E-state index in [0.717, 1.165) is 42.2 Å². The fourth-order valence-corrected chi connectivity index (χ4v) is 4.82. The molecular formula is C17H26ClN2OS+. The highest BCUT2D eigenvalue weighted by molar-refractivity contribution is 7.94. The predicted molar refractivity (Wildman–Crippen MR) is 95.5 cm³/mol. The second-order valence-electron chi connectivity index (χ2n) is 6.14. The van der Waals surface area contributed by atoms with E-state index in [2.05, 4.69) is 18.7 Å². The van der Waals surface area contributed by atoms with Gasteiger partial charge in [-0.3, -0.25) is 13.6 Å². The Balaban J connectivity index is 1.89. The standard InChI is InChI=1S/C17H26ClN2OS/c1-15(2)22-20(11-8-18)12-9-19(10-13-20)14-17(21)16-6-4-3-5-7-16/h3-7,15H,8-14H2,1-2H3/q+1. The van der Waals surface area contributed by atoms with Crippen LogP contribution < -0.4 is 0 Å². The van der Waals surface area contributed by atoms with Crippen LogP contribution in [0.4, 0.5) is 0 Å². The molecule has 1 fully saturated rings. The Labute approximate surface area is 143 Å². The maximum Gasteiger partial charge on any atom is 0.176 e. The molecule has 5 heteroatoms. The van der Waals surface area contributed by atoms with Crippen molar-refractivity contribution in [2.24, 2.45) is 0 Å². The quantitative estimate of drug-likeness (QED) is 0.328. The number of carbonyl (C=O) groups is 1. The van der Waals surface area contributed by atoms with Gasteiger partial charge in [0, 0.05) is 18.7 Å². The van der Waals surface area contributed by atoms with Crippen LogP contribution in [0.2, 0.25) is 0 Å². The van der Waals surface area contributed by atoms with Gasteiger partial charge < -0.3 is 0 Å². The Morgan fingerprint density at radius 3 is 2.45 bits per heavy atom. The average Bonchev–Trinajstić information content (AvgIpc) is 2.50. The second kappa shape index (κ2) is 8.34. The highest BCUT2D eigenvalue weighted by Gasteiger charge is 2.35. The molecular weight excluding hydrogens is 316 g/mol. The number of Topliss-reactive ketones (excluding diaryl/α,β-unsaturated/α-hetero) is 1. The van der Waals surface area contributed by atoms with Gasteiger partial charge in [-0.15, -0.1) is 11.6 Å². The van der Waals surface area contributed by atoms with E-state index in [9.17, 15) is 4.79 Å². The van der Waals surface area contributed by atoms with Gasteiger partial charge in [0.2, 0.25) is 0 Å². The van der Waals surface area contributed by atoms with E-state index < -0.39 is 0 Å². The highest BCUT2D eigenvalue weighted by Crippen LogP contribution is 2.29. The fourth-order valence-electron chi connectivity index (χ4n) is 2.93. The molecule has 1 aliphatic rings. The van der Waals surface area contributed by atoms with Gasteiger partial charge in [0.05, 0.1) is 29.6 Å². The third-order valence-electron chi connectivity index (χ3n) is 4.04. The van der Waals surface area contributed by atoms with Crippen LogP contribution in [0.5, 0.6) is 0 Å². The number of carbonyl (C=O) groups excluding carboxylic acids is 1. The molecule has 3 nitrogen and oxygen atoms in total. The number of hydrogen-bond donors (Lipinski definition) is 0. The monoisotopic (exact) mass is 341 g/mol. The number of benzene rings is 1. The van der Waals surface area contributed by atoms with Gasteiger partial charge in [0.25, 0.3) is 0 Å². The summed E-state index contributed by atoms with van der Waals surface area (Å²) in [6.45, 7) is 10.1. The molecule has 1 aliphatic heterocycles. The molecule has 0 aromatic heterocycles. The molecule has 0 amide bonds. The molecule has 0 bridgehead atoms. The normalized spacial score (nSPS) is 18.5. The summed E-state index contributed by atoms with van der Waals surface area (Å²) in [7, 11) is 0. The van der Waals surface area contributed by atoms with Crippen LogP contribution in [0.3, 0.4) is 0 Å². The number of piperazine rings is 1. The van der Waals surface area contributed by atoms with Gasteiger partial charge in [-0.1, -0.05) is 30.3 Å². The van der Waals surface area contributed by atoms with E-state index in [1.54, 1.807) is 0 Å². The van der Waals surface area contributed by atoms with Gasteiger partial charge >= 0.3 is 0 Å². The molecule has 1 heterocycles. The highest BCUT2D eigenvalue weighted by atomic mass is 35.5. The molecule has 2 rings (SSSR count). The number of rotatable bonds is 7. The summed E-state index contributed by atoms with van der Waals surface area (Å²) in [5.74, 6) is 0.914. The maximum atomic E-state index is 12.3. The summed E-state index contributed by atoms with van der Waals surface area (Å²) < 4.78 is 1.02. The summed E-state index contributed by atoms with van der Waals surface area (Å²) in [4.78, 5) is 14.6. The third kappa shape index (κ3) is 4.98. The lowest BCUT2D eigenvalue weighted by molar-refractivity contribution is -0.799. The number of nitrogens with zero attached hydrogens (tertiary/aromatic N) is 2. The van der Waals surface area contributed by atoms with Gasteiger partial charge in [0.1, 0.15) is 19.6 Å². The Bertz CT molecular complexity index is 473. The zero-order valence-corrected chi connectivity index (χ0v) is 15.1. The van der Waals surface area contributed by atoms with Crippen LogP contribution in [-0.2, 0) is 0 Å². The topological polar surface area (TPSA) is 20.3 Å². The summed E-state index contributed by atoms with van der Waals surface area (Å²) >= 11 is 8.02. The lowest BCUT2D eigenvalue weighted by Crippen LogP contribution is -2.57. The van der Waals surface area contributed by atoms with Crippen molar-refractivity contribution in [1.29, 1.82) is 0 Å². The molecule has 22 heavy (non-hydrogen) atoms. The fraction of sp³-hybridized carbons (Fsp3) is 0.588. The maximum absolute atomic E-state index is 12.3. The average molecular weight is 342 g/mol. The Morgan fingerprint density at radius 1 is 1.27 bits per heavy atom. The molecule has 1 saturated heterocycles. The minimum absolute atomic E-state index is 0.217. The SMILES string of the molecule is CC(C)S[N+]1(CCCl)CCN(CC(=O)c2ccccc2)CC1. The van der Waals surface area contributed by atoms with Crippen LogP contribution in [0.25, 0.3) is 0 Å². The van der Waals surface area contributed by atoms with E-state index in [1.165, 1.54) is 0 Å².